The molecule has 0 N–H and O–H groups in total. The predicted molar refractivity (Wildman–Crippen MR) is 121 cm³/mol. The smallest absolute Gasteiger partial charge is 0.294 e. The third-order valence-electron chi connectivity index (χ3n) is 5.93. The Morgan fingerprint density at radius 3 is 2.36 bits per heavy atom. The topological polar surface area (TPSA) is 73.6 Å². The van der Waals surface area contributed by atoms with Crippen LogP contribution in [0.25, 0.3) is 5.95 Å². The van der Waals surface area contributed by atoms with Crippen LogP contribution in [0.3, 0.4) is 0 Å². The number of alkyl halides is 5. The molecule has 0 amide bonds. The molecule has 190 valence electrons. The number of rotatable bonds is 9. The Morgan fingerprint density at radius 1 is 1.08 bits per heavy atom. The molecule has 1 aliphatic rings. The van der Waals surface area contributed by atoms with E-state index < -0.39 is 34.6 Å². The summed E-state index contributed by atoms with van der Waals surface area (Å²) in [5, 5.41) is 4.17. The standard InChI is InChI=1S/C25H24F5N5O/c1-15(22-33-14-34-35(22)23-31-6-3-7-32-23)8-17(9-16-4-5-16)10-21(36)18-11-19(24(2,26)27)13-20(12-18)25(28,29)30/h3,6-8,11-16H,4-5,9-10H2,1-2H3/b17-8+. The maximum Gasteiger partial charge on any atom is 0.416 e. The quantitative estimate of drug-likeness (QED) is 0.194. The number of nitrogens with zero attached hydrogens (tertiary/aromatic N) is 5. The van der Waals surface area contributed by atoms with Gasteiger partial charge in [-0.2, -0.15) is 23.0 Å². The van der Waals surface area contributed by atoms with E-state index in [-0.39, 0.29) is 12.3 Å². The van der Waals surface area contributed by atoms with Crippen molar-refractivity contribution in [1.29, 1.82) is 0 Å². The van der Waals surface area contributed by atoms with Crippen molar-refractivity contribution in [3.05, 3.63) is 77.2 Å². The van der Waals surface area contributed by atoms with E-state index in [1.807, 2.05) is 13.0 Å². The second-order valence-corrected chi connectivity index (χ2v) is 9.13. The zero-order chi connectivity index (χ0) is 26.1. The van der Waals surface area contributed by atoms with Crippen molar-refractivity contribution in [3.8, 4) is 5.95 Å². The molecule has 6 nitrogen and oxygen atoms in total. The van der Waals surface area contributed by atoms with Gasteiger partial charge in [-0.05, 0) is 49.4 Å². The van der Waals surface area contributed by atoms with Crippen LogP contribution in [0.15, 0.2) is 54.6 Å². The molecule has 1 atom stereocenters. The molecule has 1 fully saturated rings. The molecule has 0 radical (unpaired) electrons. The van der Waals surface area contributed by atoms with Gasteiger partial charge in [-0.3, -0.25) is 4.79 Å². The minimum Gasteiger partial charge on any atom is -0.294 e. The van der Waals surface area contributed by atoms with E-state index in [2.05, 4.69) is 20.1 Å². The third-order valence-corrected chi connectivity index (χ3v) is 5.93. The Hall–Kier alpha value is -3.50. The second kappa shape index (κ2) is 9.87. The van der Waals surface area contributed by atoms with Crippen molar-refractivity contribution in [2.45, 2.75) is 57.5 Å². The number of carbonyl (C=O) groups excluding carboxylic acids is 1. The number of carbonyl (C=O) groups is 1. The summed E-state index contributed by atoms with van der Waals surface area (Å²) >= 11 is 0. The van der Waals surface area contributed by atoms with Gasteiger partial charge in [0.2, 0.25) is 0 Å². The number of halogens is 5. The van der Waals surface area contributed by atoms with Crippen LogP contribution in [0.4, 0.5) is 22.0 Å². The lowest BCUT2D eigenvalue weighted by atomic mass is 9.93. The number of allylic oxidation sites excluding steroid dienone is 2. The highest BCUT2D eigenvalue weighted by Gasteiger charge is 2.35. The van der Waals surface area contributed by atoms with Crippen molar-refractivity contribution in [1.82, 2.24) is 24.7 Å². The number of aromatic nitrogens is 5. The van der Waals surface area contributed by atoms with Crippen molar-refractivity contribution >= 4 is 5.78 Å². The molecule has 3 aromatic rings. The van der Waals surface area contributed by atoms with Gasteiger partial charge in [-0.25, -0.2) is 23.7 Å². The fourth-order valence-corrected chi connectivity index (χ4v) is 3.95. The molecule has 0 spiro atoms. The largest absolute Gasteiger partial charge is 0.416 e. The van der Waals surface area contributed by atoms with Crippen LogP contribution in [0.1, 0.15) is 72.8 Å². The van der Waals surface area contributed by atoms with Gasteiger partial charge in [-0.1, -0.05) is 18.6 Å². The molecule has 2 heterocycles. The second-order valence-electron chi connectivity index (χ2n) is 9.13. The molecule has 1 saturated carbocycles. The number of ketones is 1. The monoisotopic (exact) mass is 505 g/mol. The average molecular weight is 505 g/mol. The third kappa shape index (κ3) is 6.19. The predicted octanol–water partition coefficient (Wildman–Crippen LogP) is 6.29. The Morgan fingerprint density at radius 2 is 1.75 bits per heavy atom. The van der Waals surface area contributed by atoms with Gasteiger partial charge in [0.1, 0.15) is 12.2 Å². The number of hydrogen-bond acceptors (Lipinski definition) is 5. The fourth-order valence-electron chi connectivity index (χ4n) is 3.95. The van der Waals surface area contributed by atoms with Crippen molar-refractivity contribution in [2.75, 3.05) is 0 Å². The summed E-state index contributed by atoms with van der Waals surface area (Å²) in [5.41, 5.74) is -1.81. The Labute approximate surface area is 204 Å². The Bertz CT molecular complexity index is 1230. The van der Waals surface area contributed by atoms with Crippen molar-refractivity contribution < 1.29 is 26.7 Å². The molecule has 36 heavy (non-hydrogen) atoms. The summed E-state index contributed by atoms with van der Waals surface area (Å²) in [5.74, 6) is -3.28. The SMILES string of the molecule is CC(/C=C(/CC(=O)c1cc(C(C)(F)F)cc(C(F)(F)F)c1)CC1CC1)c1ncnn1-c1ncccn1. The van der Waals surface area contributed by atoms with Gasteiger partial charge in [0.25, 0.3) is 11.9 Å². The molecule has 4 rings (SSSR count). The van der Waals surface area contributed by atoms with Gasteiger partial charge >= 0.3 is 6.18 Å². The molecule has 1 aromatic carbocycles. The molecule has 2 aromatic heterocycles. The number of benzene rings is 1. The first kappa shape index (κ1) is 25.6. The van der Waals surface area contributed by atoms with Gasteiger partial charge < -0.3 is 0 Å². The summed E-state index contributed by atoms with van der Waals surface area (Å²) in [6.45, 7) is 2.35. The van der Waals surface area contributed by atoms with Crippen molar-refractivity contribution in [3.63, 3.8) is 0 Å². The maximum absolute atomic E-state index is 13.9. The molecule has 11 heteroatoms. The van der Waals surface area contributed by atoms with E-state index in [9.17, 15) is 26.7 Å². The van der Waals surface area contributed by atoms with Crippen LogP contribution < -0.4 is 0 Å². The summed E-state index contributed by atoms with van der Waals surface area (Å²) in [4.78, 5) is 25.7. The van der Waals surface area contributed by atoms with Crippen LogP contribution in [0, 0.1) is 5.92 Å². The lowest BCUT2D eigenvalue weighted by molar-refractivity contribution is -0.137. The summed E-state index contributed by atoms with van der Waals surface area (Å²) in [6.07, 6.45) is 3.84. The minimum atomic E-state index is -4.86. The van der Waals surface area contributed by atoms with Gasteiger partial charge in [0.05, 0.1) is 5.56 Å². The molecule has 0 bridgehead atoms. The van der Waals surface area contributed by atoms with Gasteiger partial charge in [0, 0.05) is 42.8 Å². The summed E-state index contributed by atoms with van der Waals surface area (Å²) in [7, 11) is 0. The van der Waals surface area contributed by atoms with E-state index >= 15 is 0 Å². The summed E-state index contributed by atoms with van der Waals surface area (Å²) in [6, 6.07) is 3.53. The zero-order valence-electron chi connectivity index (χ0n) is 19.6. The van der Waals surface area contributed by atoms with Gasteiger partial charge in [-0.15, -0.1) is 0 Å². The van der Waals surface area contributed by atoms with Gasteiger partial charge in [0.15, 0.2) is 5.78 Å². The van der Waals surface area contributed by atoms with E-state index in [0.29, 0.717) is 48.7 Å². The molecule has 0 saturated heterocycles. The maximum atomic E-state index is 13.9. The van der Waals surface area contributed by atoms with E-state index in [1.54, 1.807) is 18.5 Å². The Kier molecular flexibility index (Phi) is 7.01. The summed E-state index contributed by atoms with van der Waals surface area (Å²) < 4.78 is 69.3. The minimum absolute atomic E-state index is 0.188. The van der Waals surface area contributed by atoms with Crippen LogP contribution >= 0.6 is 0 Å². The van der Waals surface area contributed by atoms with E-state index in [4.69, 9.17) is 0 Å². The normalized spacial score (nSPS) is 15.7. The lowest BCUT2D eigenvalue weighted by Gasteiger charge is -2.16. The average Bonchev–Trinajstić information content (AvgIpc) is 3.49. The molecular weight excluding hydrogens is 481 g/mol. The van der Waals surface area contributed by atoms with Crippen LogP contribution in [-0.4, -0.2) is 30.5 Å². The van der Waals surface area contributed by atoms with Crippen LogP contribution in [-0.2, 0) is 12.1 Å². The Balaban J connectivity index is 1.63. The molecule has 1 unspecified atom stereocenters. The highest BCUT2D eigenvalue weighted by molar-refractivity contribution is 5.98. The van der Waals surface area contributed by atoms with Crippen molar-refractivity contribution in [2.24, 2.45) is 5.92 Å². The zero-order valence-corrected chi connectivity index (χ0v) is 19.6. The molecule has 0 aliphatic heterocycles. The van der Waals surface area contributed by atoms with E-state index in [1.165, 1.54) is 11.0 Å². The van der Waals surface area contributed by atoms with Crippen LogP contribution in [0.2, 0.25) is 0 Å². The first-order valence-electron chi connectivity index (χ1n) is 11.4. The number of Topliss-reactive ketones (excluding diaryl/α,β-unsaturated/α-hetero) is 1. The lowest BCUT2D eigenvalue weighted by Crippen LogP contribution is -2.14. The molecular formula is C25H24F5N5O. The highest BCUT2D eigenvalue weighted by Crippen LogP contribution is 2.38. The molecule has 1 aliphatic carbocycles. The number of hydrogen-bond donors (Lipinski definition) is 0. The first-order valence-corrected chi connectivity index (χ1v) is 11.4. The first-order chi connectivity index (χ1) is 16.9. The fraction of sp³-hybridized carbons (Fsp3) is 0.400. The van der Waals surface area contributed by atoms with Crippen LogP contribution in [0.5, 0.6) is 0 Å². The van der Waals surface area contributed by atoms with E-state index in [0.717, 1.165) is 18.9 Å². The highest BCUT2D eigenvalue weighted by atomic mass is 19.4.